The maximum absolute atomic E-state index is 6.01. The lowest BCUT2D eigenvalue weighted by Gasteiger charge is -2.13. The molecule has 1 aromatic carbocycles. The fourth-order valence-corrected chi connectivity index (χ4v) is 1.72. The molecule has 0 saturated carbocycles. The van der Waals surface area contributed by atoms with Crippen LogP contribution in [0.15, 0.2) is 30.4 Å². The molecule has 0 radical (unpaired) electrons. The van der Waals surface area contributed by atoms with Crippen LogP contribution >= 0.6 is 35.6 Å². The molecule has 0 aliphatic rings. The molecule has 1 nitrogen and oxygen atoms in total. The zero-order valence-corrected chi connectivity index (χ0v) is 10.8. The van der Waals surface area contributed by atoms with Gasteiger partial charge in [0.15, 0.2) is 0 Å². The van der Waals surface area contributed by atoms with E-state index in [0.717, 1.165) is 17.6 Å². The van der Waals surface area contributed by atoms with Gasteiger partial charge in [-0.15, -0.1) is 19.0 Å². The summed E-state index contributed by atoms with van der Waals surface area (Å²) < 4.78 is 0. The van der Waals surface area contributed by atoms with Gasteiger partial charge >= 0.3 is 0 Å². The van der Waals surface area contributed by atoms with E-state index < -0.39 is 0 Å². The van der Waals surface area contributed by atoms with Crippen molar-refractivity contribution in [2.45, 2.75) is 19.4 Å². The molecule has 0 amide bonds. The second-order valence-corrected chi connectivity index (χ2v) is 4.28. The molecular weight excluding hydrogens is 252 g/mol. The van der Waals surface area contributed by atoms with Crippen LogP contribution in [0.2, 0.25) is 10.0 Å². The van der Waals surface area contributed by atoms with E-state index in [4.69, 9.17) is 28.9 Å². The summed E-state index contributed by atoms with van der Waals surface area (Å²) in [6, 6.07) is 5.19. The van der Waals surface area contributed by atoms with E-state index in [1.54, 1.807) is 18.2 Å². The molecule has 84 valence electrons. The summed E-state index contributed by atoms with van der Waals surface area (Å²) in [5.41, 5.74) is 7.87. The Kier molecular flexibility index (Phi) is 6.30. The topological polar surface area (TPSA) is 26.0 Å². The quantitative estimate of drug-likeness (QED) is 0.807. The van der Waals surface area contributed by atoms with Crippen molar-refractivity contribution in [3.05, 3.63) is 46.0 Å². The van der Waals surface area contributed by atoms with Crippen molar-refractivity contribution in [2.75, 3.05) is 0 Å². The van der Waals surface area contributed by atoms with E-state index in [9.17, 15) is 0 Å². The number of hydrogen-bond acceptors (Lipinski definition) is 1. The minimum Gasteiger partial charge on any atom is -0.324 e. The van der Waals surface area contributed by atoms with Gasteiger partial charge < -0.3 is 5.73 Å². The first-order valence-electron chi connectivity index (χ1n) is 4.35. The van der Waals surface area contributed by atoms with Crippen LogP contribution < -0.4 is 5.73 Å². The Morgan fingerprint density at radius 3 is 2.60 bits per heavy atom. The molecule has 4 heteroatoms. The zero-order valence-electron chi connectivity index (χ0n) is 8.47. The highest BCUT2D eigenvalue weighted by Crippen LogP contribution is 2.27. The van der Waals surface area contributed by atoms with Crippen molar-refractivity contribution in [1.29, 1.82) is 0 Å². The molecule has 2 N–H and O–H groups in total. The monoisotopic (exact) mass is 265 g/mol. The van der Waals surface area contributed by atoms with Crippen LogP contribution in [0.3, 0.4) is 0 Å². The molecule has 0 spiro atoms. The van der Waals surface area contributed by atoms with E-state index in [0.29, 0.717) is 10.0 Å². The Bertz CT molecular complexity index is 350. The second-order valence-electron chi connectivity index (χ2n) is 3.43. The molecule has 15 heavy (non-hydrogen) atoms. The lowest BCUT2D eigenvalue weighted by molar-refractivity contribution is 0.717. The van der Waals surface area contributed by atoms with Crippen LogP contribution in [-0.4, -0.2) is 0 Å². The smallest absolute Gasteiger partial charge is 0.0454 e. The predicted octanol–water partition coefficient (Wildman–Crippen LogP) is 4.38. The summed E-state index contributed by atoms with van der Waals surface area (Å²) in [5, 5.41) is 1.31. The van der Waals surface area contributed by atoms with Crippen LogP contribution in [-0.2, 0) is 0 Å². The normalized spacial score (nSPS) is 11.7. The third-order valence-corrected chi connectivity index (χ3v) is 2.51. The van der Waals surface area contributed by atoms with Crippen LogP contribution in [0.1, 0.15) is 24.9 Å². The van der Waals surface area contributed by atoms with Crippen molar-refractivity contribution in [1.82, 2.24) is 0 Å². The summed E-state index contributed by atoms with van der Waals surface area (Å²) >= 11 is 11.9. The van der Waals surface area contributed by atoms with Gasteiger partial charge in [0.05, 0.1) is 0 Å². The molecule has 0 heterocycles. The van der Waals surface area contributed by atoms with Crippen LogP contribution in [0.4, 0.5) is 0 Å². The highest BCUT2D eigenvalue weighted by molar-refractivity contribution is 6.33. The minimum absolute atomic E-state index is 0. The molecule has 1 aromatic rings. The molecule has 0 aliphatic heterocycles. The molecule has 0 aliphatic carbocycles. The van der Waals surface area contributed by atoms with Crippen LogP contribution in [0, 0.1) is 0 Å². The Morgan fingerprint density at radius 1 is 1.47 bits per heavy atom. The molecule has 0 fully saturated rings. The van der Waals surface area contributed by atoms with Gasteiger partial charge in [-0.1, -0.05) is 28.8 Å². The third kappa shape index (κ3) is 4.43. The van der Waals surface area contributed by atoms with E-state index in [1.807, 2.05) is 6.92 Å². The van der Waals surface area contributed by atoms with Gasteiger partial charge in [0.2, 0.25) is 0 Å². The van der Waals surface area contributed by atoms with Gasteiger partial charge in [-0.25, -0.2) is 0 Å². The summed E-state index contributed by atoms with van der Waals surface area (Å²) in [5.74, 6) is 0. The molecule has 0 saturated heterocycles. The van der Waals surface area contributed by atoms with E-state index in [-0.39, 0.29) is 18.4 Å². The Morgan fingerprint density at radius 2 is 2.07 bits per heavy atom. The number of rotatable bonds is 3. The number of benzene rings is 1. The fourth-order valence-electron chi connectivity index (χ4n) is 1.28. The number of hydrogen-bond donors (Lipinski definition) is 1. The molecule has 0 bridgehead atoms. The van der Waals surface area contributed by atoms with Crippen molar-refractivity contribution < 1.29 is 0 Å². The van der Waals surface area contributed by atoms with Gasteiger partial charge in [0.25, 0.3) is 0 Å². The first-order chi connectivity index (χ1) is 6.50. The van der Waals surface area contributed by atoms with Crippen molar-refractivity contribution in [2.24, 2.45) is 5.73 Å². The summed E-state index contributed by atoms with van der Waals surface area (Å²) in [7, 11) is 0. The molecule has 0 aromatic heterocycles. The summed E-state index contributed by atoms with van der Waals surface area (Å²) in [4.78, 5) is 0. The summed E-state index contributed by atoms with van der Waals surface area (Å²) in [6.07, 6.45) is 0.722. The van der Waals surface area contributed by atoms with E-state index in [1.165, 1.54) is 0 Å². The van der Waals surface area contributed by atoms with E-state index in [2.05, 4.69) is 6.58 Å². The standard InChI is InChI=1S/C11H13Cl2N.ClH/c1-7(2)5-11(14)9-6-8(12)3-4-10(9)13;/h3-4,6,11H,1,5,14H2,2H3;1H/t11-;/m0./s1. The van der Waals surface area contributed by atoms with Gasteiger partial charge in [-0.2, -0.15) is 0 Å². The first kappa shape index (κ1) is 14.8. The molecular formula is C11H14Cl3N. The average molecular weight is 267 g/mol. The maximum Gasteiger partial charge on any atom is 0.0454 e. The predicted molar refractivity (Wildman–Crippen MR) is 70.1 cm³/mol. The van der Waals surface area contributed by atoms with Crippen LogP contribution in [0.5, 0.6) is 0 Å². The Labute approximate surface area is 107 Å². The second kappa shape index (κ2) is 6.39. The Hall–Kier alpha value is -0.210. The number of halogens is 3. The lowest BCUT2D eigenvalue weighted by atomic mass is 10.0. The minimum atomic E-state index is -0.126. The zero-order chi connectivity index (χ0) is 10.7. The van der Waals surface area contributed by atoms with Crippen LogP contribution in [0.25, 0.3) is 0 Å². The first-order valence-corrected chi connectivity index (χ1v) is 5.11. The van der Waals surface area contributed by atoms with Gasteiger partial charge in [0, 0.05) is 16.1 Å². The van der Waals surface area contributed by atoms with Crippen molar-refractivity contribution in [3.63, 3.8) is 0 Å². The maximum atomic E-state index is 6.01. The summed E-state index contributed by atoms with van der Waals surface area (Å²) in [6.45, 7) is 5.76. The lowest BCUT2D eigenvalue weighted by Crippen LogP contribution is -2.10. The van der Waals surface area contributed by atoms with Gasteiger partial charge in [-0.05, 0) is 37.1 Å². The number of nitrogens with two attached hydrogens (primary N) is 1. The molecule has 0 unspecified atom stereocenters. The largest absolute Gasteiger partial charge is 0.324 e. The SMILES string of the molecule is C=C(C)C[C@H](N)c1cc(Cl)ccc1Cl.Cl. The van der Waals surface area contributed by atoms with Crippen molar-refractivity contribution >= 4 is 35.6 Å². The highest BCUT2D eigenvalue weighted by Gasteiger charge is 2.10. The van der Waals surface area contributed by atoms with Gasteiger partial charge in [0.1, 0.15) is 0 Å². The average Bonchev–Trinajstić information content (AvgIpc) is 2.08. The van der Waals surface area contributed by atoms with Crippen molar-refractivity contribution in [3.8, 4) is 0 Å². The van der Waals surface area contributed by atoms with Gasteiger partial charge in [-0.3, -0.25) is 0 Å². The molecule has 1 rings (SSSR count). The molecule has 1 atom stereocenters. The Balaban J connectivity index is 0.00000196. The van der Waals surface area contributed by atoms with E-state index >= 15 is 0 Å². The fraction of sp³-hybridized carbons (Fsp3) is 0.273. The highest BCUT2D eigenvalue weighted by atomic mass is 35.5. The third-order valence-electron chi connectivity index (χ3n) is 1.93.